The minimum atomic E-state index is -3.04. The van der Waals surface area contributed by atoms with E-state index in [-0.39, 0.29) is 17.4 Å². The molecular formula is C13H14N2O3S2. The van der Waals surface area contributed by atoms with Crippen molar-refractivity contribution in [2.75, 3.05) is 16.8 Å². The molecule has 0 bridgehead atoms. The van der Waals surface area contributed by atoms with Crippen LogP contribution in [0, 0.1) is 12.8 Å². The minimum absolute atomic E-state index is 0.0527. The number of carbonyl (C=O) groups is 1. The SMILES string of the molecule is Cc1ccc2nc(NC(=O)[C@H]3CCS(=O)(=O)C3)sc2c1. The number of benzene rings is 1. The Kier molecular flexibility index (Phi) is 3.25. The van der Waals surface area contributed by atoms with Crippen LogP contribution in [0.25, 0.3) is 10.2 Å². The van der Waals surface area contributed by atoms with Gasteiger partial charge in [-0.2, -0.15) is 0 Å². The fraction of sp³-hybridized carbons (Fsp3) is 0.385. The van der Waals surface area contributed by atoms with Crippen molar-refractivity contribution in [3.8, 4) is 0 Å². The van der Waals surface area contributed by atoms with Crippen molar-refractivity contribution in [1.29, 1.82) is 0 Å². The van der Waals surface area contributed by atoms with Crippen molar-refractivity contribution in [2.45, 2.75) is 13.3 Å². The zero-order chi connectivity index (χ0) is 14.3. The first kappa shape index (κ1) is 13.5. The van der Waals surface area contributed by atoms with E-state index in [9.17, 15) is 13.2 Å². The average molecular weight is 310 g/mol. The standard InChI is InChI=1S/C13H14N2O3S2/c1-8-2-3-10-11(6-8)19-13(14-10)15-12(16)9-4-5-20(17,18)7-9/h2-3,6,9H,4-5,7H2,1H3,(H,14,15,16)/t9-/m0/s1. The van der Waals surface area contributed by atoms with Crippen LogP contribution < -0.4 is 5.32 Å². The van der Waals surface area contributed by atoms with Gasteiger partial charge in [0.15, 0.2) is 15.0 Å². The zero-order valence-corrected chi connectivity index (χ0v) is 12.6. The van der Waals surface area contributed by atoms with Crippen molar-refractivity contribution >= 4 is 42.4 Å². The molecule has 2 aromatic rings. The highest BCUT2D eigenvalue weighted by molar-refractivity contribution is 7.91. The monoisotopic (exact) mass is 310 g/mol. The largest absolute Gasteiger partial charge is 0.302 e. The number of nitrogens with one attached hydrogen (secondary N) is 1. The van der Waals surface area contributed by atoms with Gasteiger partial charge in [-0.1, -0.05) is 17.4 Å². The van der Waals surface area contributed by atoms with Gasteiger partial charge in [-0.15, -0.1) is 0 Å². The van der Waals surface area contributed by atoms with E-state index in [0.29, 0.717) is 11.6 Å². The Hall–Kier alpha value is -1.47. The fourth-order valence-corrected chi connectivity index (χ4v) is 5.00. The lowest BCUT2D eigenvalue weighted by atomic mass is 10.1. The number of nitrogens with zero attached hydrogens (tertiary/aromatic N) is 1. The van der Waals surface area contributed by atoms with Crippen molar-refractivity contribution in [2.24, 2.45) is 5.92 Å². The number of hydrogen-bond donors (Lipinski definition) is 1. The maximum absolute atomic E-state index is 12.0. The predicted molar refractivity (Wildman–Crippen MR) is 79.7 cm³/mol. The first-order valence-corrected chi connectivity index (χ1v) is 8.95. The summed E-state index contributed by atoms with van der Waals surface area (Å²) < 4.78 is 23.8. The summed E-state index contributed by atoms with van der Waals surface area (Å²) in [5.41, 5.74) is 1.98. The number of fused-ring (bicyclic) bond motifs is 1. The molecule has 0 aliphatic carbocycles. The summed E-state index contributed by atoms with van der Waals surface area (Å²) >= 11 is 1.41. The molecule has 0 saturated carbocycles. The van der Waals surface area contributed by atoms with E-state index >= 15 is 0 Å². The molecular weight excluding hydrogens is 296 g/mol. The molecule has 20 heavy (non-hydrogen) atoms. The van der Waals surface area contributed by atoms with E-state index in [0.717, 1.165) is 15.8 Å². The Morgan fingerprint density at radius 3 is 2.95 bits per heavy atom. The molecule has 0 spiro atoms. The van der Waals surface area contributed by atoms with Crippen LogP contribution in [0.2, 0.25) is 0 Å². The Labute approximate surface area is 120 Å². The van der Waals surface area contributed by atoms with Gasteiger partial charge in [0.25, 0.3) is 0 Å². The highest BCUT2D eigenvalue weighted by Gasteiger charge is 2.33. The lowest BCUT2D eigenvalue weighted by Gasteiger charge is -2.06. The summed E-state index contributed by atoms with van der Waals surface area (Å²) in [7, 11) is -3.04. The topological polar surface area (TPSA) is 76.1 Å². The van der Waals surface area contributed by atoms with E-state index in [1.54, 1.807) is 0 Å². The molecule has 1 saturated heterocycles. The molecule has 1 atom stereocenters. The van der Waals surface area contributed by atoms with Crippen molar-refractivity contribution < 1.29 is 13.2 Å². The maximum Gasteiger partial charge on any atom is 0.230 e. The normalized spacial score (nSPS) is 21.1. The molecule has 3 rings (SSSR count). The molecule has 1 fully saturated rings. The van der Waals surface area contributed by atoms with Crippen LogP contribution in [0.1, 0.15) is 12.0 Å². The number of thiazole rings is 1. The van der Waals surface area contributed by atoms with Gasteiger partial charge in [-0.3, -0.25) is 4.79 Å². The molecule has 1 amide bonds. The number of aromatic nitrogens is 1. The van der Waals surface area contributed by atoms with Crippen LogP contribution in [0.3, 0.4) is 0 Å². The first-order valence-electron chi connectivity index (χ1n) is 6.31. The van der Waals surface area contributed by atoms with Crippen LogP contribution in [-0.4, -0.2) is 30.8 Å². The number of hydrogen-bond acceptors (Lipinski definition) is 5. The molecule has 5 nitrogen and oxygen atoms in total. The van der Waals surface area contributed by atoms with E-state index < -0.39 is 15.8 Å². The molecule has 0 unspecified atom stereocenters. The second-order valence-corrected chi connectivity index (χ2v) is 8.34. The Morgan fingerprint density at radius 2 is 2.25 bits per heavy atom. The third-order valence-corrected chi connectivity index (χ3v) is 6.08. The summed E-state index contributed by atoms with van der Waals surface area (Å²) in [4.78, 5) is 16.4. The number of amides is 1. The molecule has 7 heteroatoms. The van der Waals surface area contributed by atoms with Gasteiger partial charge in [-0.25, -0.2) is 13.4 Å². The summed E-state index contributed by atoms with van der Waals surface area (Å²) in [5, 5.41) is 3.26. The van der Waals surface area contributed by atoms with Crippen LogP contribution in [0.15, 0.2) is 18.2 Å². The summed E-state index contributed by atoms with van der Waals surface area (Å²) in [6, 6.07) is 5.90. The number of anilines is 1. The molecule has 1 aliphatic heterocycles. The number of aryl methyl sites for hydroxylation is 1. The van der Waals surface area contributed by atoms with Crippen LogP contribution in [0.4, 0.5) is 5.13 Å². The fourth-order valence-electron chi connectivity index (χ4n) is 2.29. The van der Waals surface area contributed by atoms with Gasteiger partial charge < -0.3 is 5.32 Å². The molecule has 0 radical (unpaired) electrons. The van der Waals surface area contributed by atoms with Gasteiger partial charge >= 0.3 is 0 Å². The number of rotatable bonds is 2. The van der Waals surface area contributed by atoms with Crippen LogP contribution in [-0.2, 0) is 14.6 Å². The maximum atomic E-state index is 12.0. The summed E-state index contributed by atoms with van der Waals surface area (Å²) in [6.07, 6.45) is 0.401. The smallest absolute Gasteiger partial charge is 0.230 e. The van der Waals surface area contributed by atoms with Crippen molar-refractivity contribution in [3.05, 3.63) is 23.8 Å². The summed E-state index contributed by atoms with van der Waals surface area (Å²) in [6.45, 7) is 2.00. The van der Waals surface area contributed by atoms with Gasteiger partial charge in [-0.05, 0) is 31.0 Å². The lowest BCUT2D eigenvalue weighted by Crippen LogP contribution is -2.23. The molecule has 1 aromatic carbocycles. The molecule has 2 heterocycles. The van der Waals surface area contributed by atoms with Crippen LogP contribution in [0.5, 0.6) is 0 Å². The highest BCUT2D eigenvalue weighted by Crippen LogP contribution is 2.28. The van der Waals surface area contributed by atoms with Crippen molar-refractivity contribution in [3.63, 3.8) is 0 Å². The number of carbonyl (C=O) groups excluding carboxylic acids is 1. The lowest BCUT2D eigenvalue weighted by molar-refractivity contribution is -0.119. The highest BCUT2D eigenvalue weighted by atomic mass is 32.2. The predicted octanol–water partition coefficient (Wildman–Crippen LogP) is 1.98. The molecule has 1 N–H and O–H groups in total. The van der Waals surface area contributed by atoms with E-state index in [4.69, 9.17) is 0 Å². The zero-order valence-electron chi connectivity index (χ0n) is 10.9. The molecule has 106 valence electrons. The Morgan fingerprint density at radius 1 is 1.45 bits per heavy atom. The first-order chi connectivity index (χ1) is 9.43. The van der Waals surface area contributed by atoms with Gasteiger partial charge in [0, 0.05) is 0 Å². The van der Waals surface area contributed by atoms with Gasteiger partial charge in [0.1, 0.15) is 0 Å². The minimum Gasteiger partial charge on any atom is -0.302 e. The van der Waals surface area contributed by atoms with E-state index in [1.807, 2.05) is 25.1 Å². The Bertz CT molecular complexity index is 780. The van der Waals surface area contributed by atoms with Crippen molar-refractivity contribution in [1.82, 2.24) is 4.98 Å². The van der Waals surface area contributed by atoms with Gasteiger partial charge in [0.2, 0.25) is 5.91 Å². The second-order valence-electron chi connectivity index (χ2n) is 5.08. The average Bonchev–Trinajstić information content (AvgIpc) is 2.91. The quantitative estimate of drug-likeness (QED) is 0.920. The molecule has 1 aromatic heterocycles. The Balaban J connectivity index is 1.78. The van der Waals surface area contributed by atoms with Gasteiger partial charge in [0.05, 0.1) is 27.6 Å². The van der Waals surface area contributed by atoms with Crippen LogP contribution >= 0.6 is 11.3 Å². The third kappa shape index (κ3) is 2.69. The number of sulfone groups is 1. The summed E-state index contributed by atoms with van der Waals surface area (Å²) in [5.74, 6) is -0.650. The van der Waals surface area contributed by atoms with E-state index in [2.05, 4.69) is 10.3 Å². The second kappa shape index (κ2) is 4.82. The third-order valence-electron chi connectivity index (χ3n) is 3.38. The van der Waals surface area contributed by atoms with E-state index in [1.165, 1.54) is 11.3 Å². The molecule has 1 aliphatic rings.